The zero-order valence-electron chi connectivity index (χ0n) is 5.53. The minimum absolute atomic E-state index is 0.539. The van der Waals surface area contributed by atoms with Crippen molar-refractivity contribution >= 4 is 5.97 Å². The fourth-order valence-corrected chi connectivity index (χ4v) is 0.254. The van der Waals surface area contributed by atoms with Crippen LogP contribution in [0.3, 0.4) is 0 Å². The molecule has 0 radical (unpaired) electrons. The quantitative estimate of drug-likeness (QED) is 0.577. The van der Waals surface area contributed by atoms with Crippen LogP contribution in [0, 0.1) is 0 Å². The smallest absolute Gasteiger partial charge is 0.330 e. The Morgan fingerprint density at radius 3 is 2.67 bits per heavy atom. The normalized spacial score (nSPS) is 14.0. The van der Waals surface area contributed by atoms with E-state index in [0.29, 0.717) is 6.54 Å². The van der Waals surface area contributed by atoms with Gasteiger partial charge < -0.3 is 5.11 Å². The summed E-state index contributed by atoms with van der Waals surface area (Å²) in [6.07, 6.45) is 0. The fraction of sp³-hybridized carbons (Fsp3) is 0.800. The molecule has 4 heteroatoms. The Morgan fingerprint density at radius 1 is 1.78 bits per heavy atom. The van der Waals surface area contributed by atoms with Crippen molar-refractivity contribution in [1.82, 2.24) is 0 Å². The summed E-state index contributed by atoms with van der Waals surface area (Å²) in [6.45, 7) is 3.83. The van der Waals surface area contributed by atoms with Gasteiger partial charge in [-0.3, -0.25) is 0 Å². The van der Waals surface area contributed by atoms with E-state index >= 15 is 0 Å². The summed E-state index contributed by atoms with van der Waals surface area (Å²) in [5, 5.41) is 15.3. The number of carboxylic acids is 1. The van der Waals surface area contributed by atoms with Crippen molar-refractivity contribution < 1.29 is 9.90 Å². The number of hydrogen-bond donors (Lipinski definition) is 1. The van der Waals surface area contributed by atoms with E-state index in [4.69, 9.17) is 5.11 Å². The molecule has 0 aromatic carbocycles. The zero-order chi connectivity index (χ0) is 7.28. The summed E-state index contributed by atoms with van der Waals surface area (Å²) < 4.78 is 0. The molecule has 52 valence electrons. The Bertz CT molecular complexity index is 122. The molecule has 4 nitrogen and oxygen atoms in total. The van der Waals surface area contributed by atoms with Crippen LogP contribution in [0.15, 0.2) is 10.2 Å². The number of aliphatic carboxylic acids is 1. The molecular weight excluding hydrogens is 120 g/mol. The molecule has 0 saturated carbocycles. The molecule has 0 aliphatic carbocycles. The van der Waals surface area contributed by atoms with Crippen molar-refractivity contribution in [2.75, 3.05) is 6.54 Å². The molecule has 0 amide bonds. The second kappa shape index (κ2) is 4.00. The average Bonchev–Trinajstić information content (AvgIpc) is 1.82. The third-order valence-corrected chi connectivity index (χ3v) is 0.754. The molecule has 0 fully saturated rings. The summed E-state index contributed by atoms with van der Waals surface area (Å²) in [5.74, 6) is -0.938. The molecule has 0 unspecified atom stereocenters. The molecule has 1 atom stereocenters. The highest BCUT2D eigenvalue weighted by Crippen LogP contribution is 1.89. The van der Waals surface area contributed by atoms with Gasteiger partial charge in [-0.05, 0) is 13.8 Å². The van der Waals surface area contributed by atoms with E-state index in [1.165, 1.54) is 6.92 Å². The predicted octanol–water partition coefficient (Wildman–Crippen LogP) is 0.932. The minimum atomic E-state index is -0.938. The Morgan fingerprint density at radius 2 is 2.33 bits per heavy atom. The fourth-order valence-electron chi connectivity index (χ4n) is 0.254. The molecule has 0 aromatic heterocycles. The molecule has 0 aliphatic rings. The van der Waals surface area contributed by atoms with Crippen molar-refractivity contribution in [3.63, 3.8) is 0 Å². The number of carboxylic acid groups (broad SMARTS) is 1. The first-order valence-electron chi connectivity index (χ1n) is 2.78. The first kappa shape index (κ1) is 8.07. The van der Waals surface area contributed by atoms with Gasteiger partial charge in [-0.15, -0.1) is 0 Å². The van der Waals surface area contributed by atoms with Gasteiger partial charge in [0.1, 0.15) is 0 Å². The Kier molecular flexibility index (Phi) is 3.59. The molecule has 0 spiro atoms. The molecule has 0 aromatic rings. The van der Waals surface area contributed by atoms with Crippen LogP contribution < -0.4 is 0 Å². The average molecular weight is 130 g/mol. The van der Waals surface area contributed by atoms with Crippen LogP contribution in [0.25, 0.3) is 0 Å². The van der Waals surface area contributed by atoms with E-state index in [-0.39, 0.29) is 0 Å². The standard InChI is InChI=1S/C5H10N2O2/c1-3-6-7-4(2)5(8)9/h4H,3H2,1-2H3,(H,8,9)/t4-/m0/s1. The lowest BCUT2D eigenvalue weighted by Gasteiger charge is -1.93. The highest BCUT2D eigenvalue weighted by Gasteiger charge is 2.06. The van der Waals surface area contributed by atoms with E-state index < -0.39 is 12.0 Å². The summed E-state index contributed by atoms with van der Waals surface area (Å²) in [6, 6.07) is -0.704. The number of azo groups is 1. The van der Waals surface area contributed by atoms with Gasteiger partial charge in [-0.1, -0.05) is 0 Å². The van der Waals surface area contributed by atoms with E-state index in [1.54, 1.807) is 6.92 Å². The molecule has 0 saturated heterocycles. The summed E-state index contributed by atoms with van der Waals surface area (Å²) in [7, 11) is 0. The summed E-state index contributed by atoms with van der Waals surface area (Å²) >= 11 is 0. The van der Waals surface area contributed by atoms with E-state index in [9.17, 15) is 4.79 Å². The number of rotatable bonds is 3. The maximum atomic E-state index is 10.1. The molecular formula is C5H10N2O2. The lowest BCUT2D eigenvalue weighted by atomic mass is 10.4. The van der Waals surface area contributed by atoms with Crippen LogP contribution in [0.5, 0.6) is 0 Å². The Hall–Kier alpha value is -0.930. The van der Waals surface area contributed by atoms with Crippen LogP contribution in [-0.2, 0) is 4.79 Å². The van der Waals surface area contributed by atoms with E-state index in [2.05, 4.69) is 10.2 Å². The van der Waals surface area contributed by atoms with E-state index in [1.807, 2.05) is 0 Å². The van der Waals surface area contributed by atoms with Crippen LogP contribution in [-0.4, -0.2) is 23.7 Å². The first-order valence-corrected chi connectivity index (χ1v) is 2.78. The van der Waals surface area contributed by atoms with Gasteiger partial charge in [0.05, 0.1) is 6.54 Å². The lowest BCUT2D eigenvalue weighted by Crippen LogP contribution is -2.11. The van der Waals surface area contributed by atoms with Crippen LogP contribution in [0.2, 0.25) is 0 Å². The molecule has 9 heavy (non-hydrogen) atoms. The monoisotopic (exact) mass is 130 g/mol. The van der Waals surface area contributed by atoms with Gasteiger partial charge >= 0.3 is 5.97 Å². The molecule has 0 bridgehead atoms. The molecule has 1 N–H and O–H groups in total. The van der Waals surface area contributed by atoms with Crippen molar-refractivity contribution in [3.05, 3.63) is 0 Å². The molecule has 0 rings (SSSR count). The van der Waals surface area contributed by atoms with Crippen LogP contribution in [0.4, 0.5) is 0 Å². The number of carbonyl (C=O) groups is 1. The summed E-state index contributed by atoms with van der Waals surface area (Å²) in [4.78, 5) is 10.1. The maximum absolute atomic E-state index is 10.1. The SMILES string of the molecule is CCN=N[C@@H](C)C(=O)O. The third kappa shape index (κ3) is 3.64. The van der Waals surface area contributed by atoms with E-state index in [0.717, 1.165) is 0 Å². The number of hydrogen-bond acceptors (Lipinski definition) is 3. The zero-order valence-corrected chi connectivity index (χ0v) is 5.53. The second-order valence-electron chi connectivity index (χ2n) is 1.59. The highest BCUT2D eigenvalue weighted by atomic mass is 16.4. The van der Waals surface area contributed by atoms with Gasteiger partial charge in [-0.25, -0.2) is 4.79 Å². The van der Waals surface area contributed by atoms with Crippen molar-refractivity contribution in [1.29, 1.82) is 0 Å². The van der Waals surface area contributed by atoms with Crippen molar-refractivity contribution in [2.45, 2.75) is 19.9 Å². The molecule has 0 aliphatic heterocycles. The largest absolute Gasteiger partial charge is 0.480 e. The second-order valence-corrected chi connectivity index (χ2v) is 1.59. The maximum Gasteiger partial charge on any atom is 0.330 e. The summed E-state index contributed by atoms with van der Waals surface area (Å²) in [5.41, 5.74) is 0. The topological polar surface area (TPSA) is 62.0 Å². The van der Waals surface area contributed by atoms with Crippen molar-refractivity contribution in [3.8, 4) is 0 Å². The minimum Gasteiger partial charge on any atom is -0.480 e. The van der Waals surface area contributed by atoms with Gasteiger partial charge in [0.2, 0.25) is 0 Å². The first-order chi connectivity index (χ1) is 4.18. The van der Waals surface area contributed by atoms with Gasteiger partial charge in [-0.2, -0.15) is 10.2 Å². The Balaban J connectivity index is 3.62. The van der Waals surface area contributed by atoms with Gasteiger partial charge in [0.25, 0.3) is 0 Å². The third-order valence-electron chi connectivity index (χ3n) is 0.754. The van der Waals surface area contributed by atoms with Gasteiger partial charge in [0, 0.05) is 0 Å². The van der Waals surface area contributed by atoms with Crippen molar-refractivity contribution in [2.24, 2.45) is 10.2 Å². The Labute approximate surface area is 53.6 Å². The highest BCUT2D eigenvalue weighted by molar-refractivity contribution is 5.72. The number of nitrogens with zero attached hydrogens (tertiary/aromatic N) is 2. The predicted molar refractivity (Wildman–Crippen MR) is 32.5 cm³/mol. The lowest BCUT2D eigenvalue weighted by molar-refractivity contribution is -0.138. The van der Waals surface area contributed by atoms with Crippen LogP contribution in [0.1, 0.15) is 13.8 Å². The van der Waals surface area contributed by atoms with Crippen LogP contribution >= 0.6 is 0 Å². The molecule has 0 heterocycles. The van der Waals surface area contributed by atoms with Gasteiger partial charge in [0.15, 0.2) is 6.04 Å².